The second-order valence-corrected chi connectivity index (χ2v) is 4.97. The average Bonchev–Trinajstić information content (AvgIpc) is 2.81. The van der Waals surface area contributed by atoms with E-state index in [-0.39, 0.29) is 0 Å². The molecular weight excluding hydrogens is 262 g/mol. The minimum absolute atomic E-state index is 0.719. The van der Waals surface area contributed by atoms with Crippen molar-refractivity contribution in [1.82, 2.24) is 9.55 Å². The van der Waals surface area contributed by atoms with E-state index < -0.39 is 0 Å². The molecule has 0 fully saturated rings. The third-order valence-electron chi connectivity index (χ3n) is 3.33. The summed E-state index contributed by atoms with van der Waals surface area (Å²) in [7, 11) is 0. The lowest BCUT2D eigenvalue weighted by molar-refractivity contribution is 0.481. The highest BCUT2D eigenvalue weighted by atomic mass is 16.5. The van der Waals surface area contributed by atoms with Crippen LogP contribution in [0.25, 0.3) is 5.82 Å². The largest absolute Gasteiger partial charge is 0.457 e. The number of anilines is 1. The lowest BCUT2D eigenvalue weighted by atomic mass is 10.3. The summed E-state index contributed by atoms with van der Waals surface area (Å²) in [5.74, 6) is 2.35. The van der Waals surface area contributed by atoms with Crippen LogP contribution < -0.4 is 10.5 Å². The van der Waals surface area contributed by atoms with Crippen LogP contribution in [-0.2, 0) is 0 Å². The van der Waals surface area contributed by atoms with Crippen molar-refractivity contribution >= 4 is 5.69 Å². The molecule has 0 saturated heterocycles. The monoisotopic (exact) mass is 279 g/mol. The molecule has 0 radical (unpaired) electrons. The summed E-state index contributed by atoms with van der Waals surface area (Å²) in [4.78, 5) is 4.42. The van der Waals surface area contributed by atoms with Gasteiger partial charge >= 0.3 is 0 Å². The first-order valence-corrected chi connectivity index (χ1v) is 6.78. The fourth-order valence-electron chi connectivity index (χ4n) is 2.29. The van der Waals surface area contributed by atoms with Crippen molar-refractivity contribution in [2.45, 2.75) is 13.8 Å². The van der Waals surface area contributed by atoms with Crippen molar-refractivity contribution in [3.05, 3.63) is 66.1 Å². The molecule has 0 bridgehead atoms. The highest BCUT2D eigenvalue weighted by Crippen LogP contribution is 2.24. The standard InChI is InChI=1S/C17H17N3O/c1-12-3-4-13(2)20(12)17-11-16(9-10-19-17)21-15-7-5-14(18)6-8-15/h3-11H,18H2,1-2H3. The minimum atomic E-state index is 0.719. The molecule has 0 saturated carbocycles. The summed E-state index contributed by atoms with van der Waals surface area (Å²) in [6.45, 7) is 4.12. The molecule has 106 valence electrons. The van der Waals surface area contributed by atoms with Crippen LogP contribution in [0.15, 0.2) is 54.7 Å². The number of aromatic nitrogens is 2. The normalized spacial score (nSPS) is 10.6. The van der Waals surface area contributed by atoms with Gasteiger partial charge in [-0.1, -0.05) is 0 Å². The highest BCUT2D eigenvalue weighted by molar-refractivity contribution is 5.44. The van der Waals surface area contributed by atoms with E-state index in [4.69, 9.17) is 10.5 Å². The van der Waals surface area contributed by atoms with Crippen LogP contribution in [0.4, 0.5) is 5.69 Å². The number of hydrogen-bond donors (Lipinski definition) is 1. The minimum Gasteiger partial charge on any atom is -0.457 e. The molecule has 0 aliphatic carbocycles. The van der Waals surface area contributed by atoms with E-state index in [1.165, 1.54) is 0 Å². The van der Waals surface area contributed by atoms with Crippen molar-refractivity contribution in [2.24, 2.45) is 0 Å². The van der Waals surface area contributed by atoms with Crippen LogP contribution >= 0.6 is 0 Å². The number of nitrogen functional groups attached to an aromatic ring is 1. The first-order chi connectivity index (χ1) is 10.1. The fourth-order valence-corrected chi connectivity index (χ4v) is 2.29. The van der Waals surface area contributed by atoms with Gasteiger partial charge in [0, 0.05) is 29.3 Å². The van der Waals surface area contributed by atoms with E-state index in [0.29, 0.717) is 0 Å². The third-order valence-corrected chi connectivity index (χ3v) is 3.33. The maximum atomic E-state index is 5.84. The molecule has 3 aromatic rings. The fraction of sp³-hybridized carbons (Fsp3) is 0.118. The van der Waals surface area contributed by atoms with Crippen molar-refractivity contribution < 1.29 is 4.74 Å². The van der Waals surface area contributed by atoms with Crippen molar-refractivity contribution in [3.8, 4) is 17.3 Å². The van der Waals surface area contributed by atoms with E-state index >= 15 is 0 Å². The Morgan fingerprint density at radius 2 is 1.57 bits per heavy atom. The highest BCUT2D eigenvalue weighted by Gasteiger charge is 2.06. The quantitative estimate of drug-likeness (QED) is 0.741. The Kier molecular flexibility index (Phi) is 3.36. The van der Waals surface area contributed by atoms with Crippen LogP contribution in [-0.4, -0.2) is 9.55 Å². The SMILES string of the molecule is Cc1ccc(C)n1-c1cc(Oc2ccc(N)cc2)ccn1. The number of benzene rings is 1. The van der Waals surface area contributed by atoms with Gasteiger partial charge in [-0.2, -0.15) is 0 Å². The molecule has 0 unspecified atom stereocenters. The Hall–Kier alpha value is -2.75. The Bertz CT molecular complexity index is 740. The van der Waals surface area contributed by atoms with Gasteiger partial charge in [0.05, 0.1) is 0 Å². The van der Waals surface area contributed by atoms with Gasteiger partial charge in [0.25, 0.3) is 0 Å². The van der Waals surface area contributed by atoms with E-state index in [2.05, 4.69) is 35.5 Å². The number of nitrogens with zero attached hydrogens (tertiary/aromatic N) is 2. The number of rotatable bonds is 3. The van der Waals surface area contributed by atoms with Gasteiger partial charge < -0.3 is 15.0 Å². The van der Waals surface area contributed by atoms with Crippen LogP contribution in [0.2, 0.25) is 0 Å². The van der Waals surface area contributed by atoms with Crippen LogP contribution in [0, 0.1) is 13.8 Å². The van der Waals surface area contributed by atoms with Gasteiger partial charge in [-0.25, -0.2) is 4.98 Å². The summed E-state index contributed by atoms with van der Waals surface area (Å²) in [5, 5.41) is 0. The van der Waals surface area contributed by atoms with E-state index in [9.17, 15) is 0 Å². The molecule has 1 aromatic carbocycles. The number of nitrogens with two attached hydrogens (primary N) is 1. The van der Waals surface area contributed by atoms with Gasteiger partial charge in [0.1, 0.15) is 17.3 Å². The maximum absolute atomic E-state index is 5.84. The second-order valence-electron chi connectivity index (χ2n) is 4.97. The first kappa shape index (κ1) is 13.2. The molecule has 0 aliphatic rings. The van der Waals surface area contributed by atoms with Crippen molar-refractivity contribution in [2.75, 3.05) is 5.73 Å². The smallest absolute Gasteiger partial charge is 0.140 e. The summed E-state index contributed by atoms with van der Waals surface area (Å²) in [6, 6.07) is 15.2. The predicted octanol–water partition coefficient (Wildman–Crippen LogP) is 3.86. The van der Waals surface area contributed by atoms with Gasteiger partial charge in [0.2, 0.25) is 0 Å². The van der Waals surface area contributed by atoms with Gasteiger partial charge in [-0.05, 0) is 56.3 Å². The average molecular weight is 279 g/mol. The molecule has 2 aromatic heterocycles. The van der Waals surface area contributed by atoms with E-state index in [0.717, 1.165) is 34.4 Å². The number of aryl methyl sites for hydroxylation is 2. The molecule has 0 spiro atoms. The molecule has 0 amide bonds. The molecular formula is C17H17N3O. The molecule has 3 rings (SSSR count). The number of pyridine rings is 1. The zero-order valence-corrected chi connectivity index (χ0v) is 12.1. The van der Waals surface area contributed by atoms with Crippen molar-refractivity contribution in [1.29, 1.82) is 0 Å². The summed E-state index contributed by atoms with van der Waals surface area (Å²) < 4.78 is 7.94. The van der Waals surface area contributed by atoms with E-state index in [1.807, 2.05) is 36.4 Å². The zero-order valence-electron chi connectivity index (χ0n) is 12.1. The first-order valence-electron chi connectivity index (χ1n) is 6.78. The molecule has 0 aliphatic heterocycles. The second kappa shape index (κ2) is 5.32. The number of ether oxygens (including phenoxy) is 1. The maximum Gasteiger partial charge on any atom is 0.140 e. The van der Waals surface area contributed by atoms with Crippen molar-refractivity contribution in [3.63, 3.8) is 0 Å². The Labute approximate surface area is 123 Å². The van der Waals surface area contributed by atoms with Crippen LogP contribution in [0.5, 0.6) is 11.5 Å². The van der Waals surface area contributed by atoms with E-state index in [1.54, 1.807) is 6.20 Å². The molecule has 2 heterocycles. The van der Waals surface area contributed by atoms with Gasteiger partial charge in [-0.3, -0.25) is 0 Å². The summed E-state index contributed by atoms with van der Waals surface area (Å²) in [5.41, 5.74) is 8.68. The van der Waals surface area contributed by atoms with Crippen LogP contribution in [0.3, 0.4) is 0 Å². The molecule has 4 nitrogen and oxygen atoms in total. The topological polar surface area (TPSA) is 53.1 Å². The Morgan fingerprint density at radius 3 is 2.24 bits per heavy atom. The molecule has 4 heteroatoms. The van der Waals surface area contributed by atoms with Gasteiger partial charge in [0.15, 0.2) is 0 Å². The van der Waals surface area contributed by atoms with Gasteiger partial charge in [-0.15, -0.1) is 0 Å². The molecule has 21 heavy (non-hydrogen) atoms. The summed E-state index contributed by atoms with van der Waals surface area (Å²) >= 11 is 0. The van der Waals surface area contributed by atoms with Crippen LogP contribution in [0.1, 0.15) is 11.4 Å². The molecule has 2 N–H and O–H groups in total. The third kappa shape index (κ3) is 2.74. The number of hydrogen-bond acceptors (Lipinski definition) is 3. The lowest BCUT2D eigenvalue weighted by Crippen LogP contribution is -2.01. The Balaban J connectivity index is 1.92. The zero-order chi connectivity index (χ0) is 14.8. The Morgan fingerprint density at radius 1 is 0.905 bits per heavy atom. The predicted molar refractivity (Wildman–Crippen MR) is 84.0 cm³/mol. The molecule has 0 atom stereocenters. The summed E-state index contributed by atoms with van der Waals surface area (Å²) in [6.07, 6.45) is 1.75. The lowest BCUT2D eigenvalue weighted by Gasteiger charge is -2.11.